The Morgan fingerprint density at radius 1 is 1.52 bits per heavy atom. The maximum Gasteiger partial charge on any atom is 0.451 e. The van der Waals surface area contributed by atoms with Crippen LogP contribution in [0.5, 0.6) is 0 Å². The molecule has 0 aromatic heterocycles. The van der Waals surface area contributed by atoms with Crippen LogP contribution in [-0.4, -0.2) is 28.2 Å². The largest absolute Gasteiger partial charge is 0.481 e. The van der Waals surface area contributed by atoms with Gasteiger partial charge in [0.05, 0.1) is 5.41 Å². The zero-order valence-electron chi connectivity index (χ0n) is 13.4. The minimum absolute atomic E-state index is 0.196. The van der Waals surface area contributed by atoms with Crippen molar-refractivity contribution >= 4 is 13.1 Å². The number of halogens is 1. The minimum atomic E-state index is -1.39. The molecule has 0 amide bonds. The Morgan fingerprint density at radius 3 is 2.70 bits per heavy atom. The van der Waals surface area contributed by atoms with Gasteiger partial charge in [-0.1, -0.05) is 6.42 Å². The zero-order valence-corrected chi connectivity index (χ0v) is 13.4. The molecule has 7 heteroatoms. The summed E-state index contributed by atoms with van der Waals surface area (Å²) in [6.07, 6.45) is 1.70. The lowest BCUT2D eigenvalue weighted by Crippen LogP contribution is -2.37. The fourth-order valence-electron chi connectivity index (χ4n) is 3.55. The van der Waals surface area contributed by atoms with Gasteiger partial charge in [0.25, 0.3) is 0 Å². The van der Waals surface area contributed by atoms with Gasteiger partial charge in [-0.15, -0.1) is 0 Å². The topological polar surface area (TPSA) is 104 Å². The molecule has 0 unspecified atom stereocenters. The molecule has 1 aromatic rings. The van der Waals surface area contributed by atoms with Crippen LogP contribution in [-0.2, 0) is 16.6 Å². The molecular weight excluding hydrogens is 300 g/mol. The molecule has 126 valence electrons. The van der Waals surface area contributed by atoms with E-state index in [1.807, 2.05) is 0 Å². The van der Waals surface area contributed by atoms with Crippen LogP contribution in [0.25, 0.3) is 0 Å². The van der Waals surface area contributed by atoms with Crippen molar-refractivity contribution < 1.29 is 24.3 Å². The number of nitrogens with two attached hydrogens (primary N) is 1. The molecule has 0 saturated heterocycles. The number of hydrogen-bond donors (Lipinski definition) is 4. The predicted molar refractivity (Wildman–Crippen MR) is 85.4 cm³/mol. The third-order valence-electron chi connectivity index (χ3n) is 5.01. The maximum atomic E-state index is 14.1. The highest BCUT2D eigenvalue weighted by Gasteiger charge is 2.49. The predicted octanol–water partition coefficient (Wildman–Crippen LogP) is 1.61. The highest BCUT2D eigenvalue weighted by molar-refractivity contribution is 6.40. The molecular formula is C16H23BFNO4. The second-order valence-electron chi connectivity index (χ2n) is 6.64. The number of fused-ring (bicyclic) bond motifs is 1. The number of carboxylic acids is 1. The summed E-state index contributed by atoms with van der Waals surface area (Å²) in [7, 11) is -1.39. The number of benzene rings is 1. The molecule has 3 atom stereocenters. The molecule has 0 bridgehead atoms. The first kappa shape index (κ1) is 17.9. The molecule has 0 radical (unpaired) electrons. The number of rotatable bonds is 6. The smallest absolute Gasteiger partial charge is 0.451 e. The van der Waals surface area contributed by atoms with Gasteiger partial charge in [-0.25, -0.2) is 4.39 Å². The van der Waals surface area contributed by atoms with E-state index >= 15 is 0 Å². The number of carbonyl (C=O) groups is 1. The third-order valence-corrected chi connectivity index (χ3v) is 5.01. The van der Waals surface area contributed by atoms with E-state index in [4.69, 9.17) is 15.8 Å². The van der Waals surface area contributed by atoms with Crippen LogP contribution >= 0.6 is 0 Å². The van der Waals surface area contributed by atoms with Crippen LogP contribution in [0.4, 0.5) is 4.39 Å². The summed E-state index contributed by atoms with van der Waals surface area (Å²) in [6, 6.07) is 2.47. The first-order valence-electron chi connectivity index (χ1n) is 7.85. The van der Waals surface area contributed by atoms with Gasteiger partial charge in [0.15, 0.2) is 0 Å². The molecule has 0 heterocycles. The van der Waals surface area contributed by atoms with E-state index in [0.29, 0.717) is 36.0 Å². The molecule has 5 N–H and O–H groups in total. The van der Waals surface area contributed by atoms with Gasteiger partial charge >= 0.3 is 13.1 Å². The van der Waals surface area contributed by atoms with E-state index in [9.17, 15) is 14.3 Å². The molecule has 1 aliphatic carbocycles. The third kappa shape index (κ3) is 3.27. The van der Waals surface area contributed by atoms with Crippen LogP contribution in [0.2, 0.25) is 6.32 Å². The molecule has 1 aliphatic rings. The van der Waals surface area contributed by atoms with E-state index in [-0.39, 0.29) is 12.2 Å². The summed E-state index contributed by atoms with van der Waals surface area (Å²) in [5.41, 5.74) is 6.30. The van der Waals surface area contributed by atoms with Gasteiger partial charge in [-0.2, -0.15) is 0 Å². The summed E-state index contributed by atoms with van der Waals surface area (Å²) in [4.78, 5) is 11.9. The first-order valence-corrected chi connectivity index (χ1v) is 7.85. The summed E-state index contributed by atoms with van der Waals surface area (Å²) < 4.78 is 14.1. The van der Waals surface area contributed by atoms with Crippen molar-refractivity contribution in [3.05, 3.63) is 34.6 Å². The summed E-state index contributed by atoms with van der Waals surface area (Å²) in [5, 5.41) is 27.7. The van der Waals surface area contributed by atoms with Crippen LogP contribution in [0.15, 0.2) is 12.1 Å². The van der Waals surface area contributed by atoms with Crippen molar-refractivity contribution in [3.8, 4) is 0 Å². The van der Waals surface area contributed by atoms with Gasteiger partial charge in [0, 0.05) is 11.6 Å². The highest BCUT2D eigenvalue weighted by Crippen LogP contribution is 2.47. The van der Waals surface area contributed by atoms with Gasteiger partial charge < -0.3 is 20.9 Å². The van der Waals surface area contributed by atoms with Crippen molar-refractivity contribution in [1.82, 2.24) is 0 Å². The normalized spacial score (nSPS) is 24.3. The lowest BCUT2D eigenvalue weighted by molar-refractivity contribution is -0.145. The molecule has 5 nitrogen and oxygen atoms in total. The molecule has 0 aliphatic heterocycles. The van der Waals surface area contributed by atoms with Crippen molar-refractivity contribution in [2.75, 3.05) is 0 Å². The van der Waals surface area contributed by atoms with Crippen molar-refractivity contribution in [3.63, 3.8) is 0 Å². The lowest BCUT2D eigenvalue weighted by Gasteiger charge is -2.28. The minimum Gasteiger partial charge on any atom is -0.481 e. The fraction of sp³-hybridized carbons (Fsp3) is 0.562. The Morgan fingerprint density at radius 2 is 2.17 bits per heavy atom. The fourth-order valence-corrected chi connectivity index (χ4v) is 3.55. The van der Waals surface area contributed by atoms with E-state index < -0.39 is 30.4 Å². The Balaban J connectivity index is 2.37. The van der Waals surface area contributed by atoms with E-state index in [2.05, 4.69) is 0 Å². The van der Waals surface area contributed by atoms with Gasteiger partial charge in [0.1, 0.15) is 5.82 Å². The molecule has 0 spiro atoms. The zero-order chi connectivity index (χ0) is 17.4. The van der Waals surface area contributed by atoms with Crippen molar-refractivity contribution in [2.24, 2.45) is 11.7 Å². The highest BCUT2D eigenvalue weighted by atomic mass is 19.1. The monoisotopic (exact) mass is 323 g/mol. The van der Waals surface area contributed by atoms with E-state index in [1.165, 1.54) is 6.07 Å². The average molecular weight is 323 g/mol. The summed E-state index contributed by atoms with van der Waals surface area (Å²) in [6.45, 7) is 3.32. The maximum absolute atomic E-state index is 14.1. The molecule has 23 heavy (non-hydrogen) atoms. The quantitative estimate of drug-likeness (QED) is 0.596. The standard InChI is InChI=1S/C16H23BFNO4/c1-9(19)12-8-13-10(7-14(12)18)6-11(4-3-5-17(22)23)16(13,2)15(20)21/h7-9,11,22-23H,3-6,19H2,1-2H3,(H,20,21)/t9-,11+,16+/m1/s1. The summed E-state index contributed by atoms with van der Waals surface area (Å²) >= 11 is 0. The molecule has 2 rings (SSSR count). The average Bonchev–Trinajstić information content (AvgIpc) is 2.71. The van der Waals surface area contributed by atoms with Gasteiger partial charge in [-0.05, 0) is 62.2 Å². The second-order valence-corrected chi connectivity index (χ2v) is 6.64. The van der Waals surface area contributed by atoms with E-state index in [0.717, 1.165) is 0 Å². The van der Waals surface area contributed by atoms with Crippen molar-refractivity contribution in [1.29, 1.82) is 0 Å². The van der Waals surface area contributed by atoms with Crippen LogP contribution in [0.3, 0.4) is 0 Å². The summed E-state index contributed by atoms with van der Waals surface area (Å²) in [5.74, 6) is -1.57. The number of carboxylic acid groups (broad SMARTS) is 1. The van der Waals surface area contributed by atoms with Gasteiger partial charge in [0.2, 0.25) is 0 Å². The van der Waals surface area contributed by atoms with E-state index in [1.54, 1.807) is 19.9 Å². The first-order chi connectivity index (χ1) is 10.7. The molecule has 1 aromatic carbocycles. The Kier molecular flexibility index (Phi) is 5.13. The van der Waals surface area contributed by atoms with Gasteiger partial charge in [-0.3, -0.25) is 4.79 Å². The van der Waals surface area contributed by atoms with Crippen LogP contribution in [0.1, 0.15) is 49.4 Å². The Labute approximate surface area is 135 Å². The molecule has 0 fully saturated rings. The van der Waals surface area contributed by atoms with Crippen LogP contribution < -0.4 is 5.73 Å². The molecule has 0 saturated carbocycles. The number of hydrogen-bond acceptors (Lipinski definition) is 4. The Bertz CT molecular complexity index is 608. The SMILES string of the molecule is C[C@@H](N)c1cc2c(cc1F)C[C@H](CCCB(O)O)[C@]2(C)C(=O)O. The Hall–Kier alpha value is -1.44. The number of aliphatic carboxylic acids is 1. The lowest BCUT2D eigenvalue weighted by atomic mass is 9.72. The second kappa shape index (κ2) is 6.59. The van der Waals surface area contributed by atoms with Crippen molar-refractivity contribution in [2.45, 2.75) is 50.9 Å². The van der Waals surface area contributed by atoms with Crippen LogP contribution in [0, 0.1) is 11.7 Å².